The summed E-state index contributed by atoms with van der Waals surface area (Å²) in [6.07, 6.45) is 2.35. The summed E-state index contributed by atoms with van der Waals surface area (Å²) in [4.78, 5) is 11.3. The first-order valence-corrected chi connectivity index (χ1v) is 4.36. The second-order valence-corrected chi connectivity index (χ2v) is 3.46. The van der Waals surface area contributed by atoms with Crippen molar-refractivity contribution < 1.29 is 4.79 Å². The topological polar surface area (TPSA) is 41.1 Å². The first kappa shape index (κ1) is 7.10. The van der Waals surface area contributed by atoms with Gasteiger partial charge in [-0.2, -0.15) is 0 Å². The molecule has 2 aliphatic heterocycles. The lowest BCUT2D eigenvalue weighted by molar-refractivity contribution is -0.124. The predicted molar refractivity (Wildman–Crippen MR) is 42.1 cm³/mol. The Labute approximate surface area is 66.5 Å². The summed E-state index contributed by atoms with van der Waals surface area (Å²) >= 11 is 0. The number of carbonyl (C=O) groups excluding carboxylic acids is 1. The Morgan fingerprint density at radius 1 is 1.36 bits per heavy atom. The van der Waals surface area contributed by atoms with Crippen LogP contribution in [-0.2, 0) is 4.79 Å². The lowest BCUT2D eigenvalue weighted by atomic mass is 9.93. The van der Waals surface area contributed by atoms with Gasteiger partial charge in [0, 0.05) is 13.1 Å². The van der Waals surface area contributed by atoms with Gasteiger partial charge in [0.2, 0.25) is 5.91 Å². The molecule has 0 aromatic carbocycles. The van der Waals surface area contributed by atoms with Crippen molar-refractivity contribution in [2.24, 2.45) is 11.8 Å². The Kier molecular flexibility index (Phi) is 1.82. The molecule has 2 fully saturated rings. The monoisotopic (exact) mass is 154 g/mol. The highest BCUT2D eigenvalue weighted by molar-refractivity contribution is 5.79. The number of hydrogen-bond donors (Lipinski definition) is 2. The van der Waals surface area contributed by atoms with E-state index in [1.165, 1.54) is 6.42 Å². The first-order valence-electron chi connectivity index (χ1n) is 4.36. The summed E-state index contributed by atoms with van der Waals surface area (Å²) in [7, 11) is 0. The van der Waals surface area contributed by atoms with Gasteiger partial charge in [0.15, 0.2) is 0 Å². The van der Waals surface area contributed by atoms with E-state index in [0.29, 0.717) is 5.92 Å². The zero-order valence-corrected chi connectivity index (χ0v) is 6.60. The zero-order valence-electron chi connectivity index (χ0n) is 6.60. The number of carbonyl (C=O) groups is 1. The van der Waals surface area contributed by atoms with Crippen LogP contribution in [-0.4, -0.2) is 25.5 Å². The van der Waals surface area contributed by atoms with Gasteiger partial charge in [-0.15, -0.1) is 0 Å². The van der Waals surface area contributed by atoms with E-state index in [2.05, 4.69) is 10.6 Å². The SMILES string of the molecule is O=C1NCCCC2CNCC12. The molecule has 2 heterocycles. The van der Waals surface area contributed by atoms with E-state index in [9.17, 15) is 4.79 Å². The lowest BCUT2D eigenvalue weighted by Crippen LogP contribution is -2.32. The van der Waals surface area contributed by atoms with Gasteiger partial charge in [-0.05, 0) is 25.3 Å². The van der Waals surface area contributed by atoms with Crippen molar-refractivity contribution in [1.82, 2.24) is 10.6 Å². The molecule has 2 aliphatic rings. The zero-order chi connectivity index (χ0) is 7.68. The Hall–Kier alpha value is -0.570. The molecule has 1 amide bonds. The Bertz CT molecular complexity index is 169. The maximum absolute atomic E-state index is 11.3. The van der Waals surface area contributed by atoms with E-state index < -0.39 is 0 Å². The standard InChI is InChI=1S/C8H14N2O/c11-8-7-5-9-4-6(7)2-1-3-10-8/h6-7,9H,1-5H2,(H,10,11). The molecule has 62 valence electrons. The van der Waals surface area contributed by atoms with Gasteiger partial charge < -0.3 is 10.6 Å². The minimum Gasteiger partial charge on any atom is -0.356 e. The van der Waals surface area contributed by atoms with Crippen molar-refractivity contribution in [1.29, 1.82) is 0 Å². The third kappa shape index (κ3) is 1.25. The molecule has 2 atom stereocenters. The van der Waals surface area contributed by atoms with E-state index in [4.69, 9.17) is 0 Å². The van der Waals surface area contributed by atoms with Crippen molar-refractivity contribution in [3.05, 3.63) is 0 Å². The van der Waals surface area contributed by atoms with Crippen LogP contribution in [0.4, 0.5) is 0 Å². The molecule has 0 saturated carbocycles. The Morgan fingerprint density at radius 3 is 3.18 bits per heavy atom. The van der Waals surface area contributed by atoms with E-state index in [-0.39, 0.29) is 11.8 Å². The summed E-state index contributed by atoms with van der Waals surface area (Å²) in [5.41, 5.74) is 0. The fourth-order valence-corrected chi connectivity index (χ4v) is 2.05. The van der Waals surface area contributed by atoms with E-state index >= 15 is 0 Å². The average molecular weight is 154 g/mol. The summed E-state index contributed by atoms with van der Waals surface area (Å²) in [5.74, 6) is 1.13. The molecule has 0 aliphatic carbocycles. The maximum Gasteiger partial charge on any atom is 0.224 e. The molecule has 2 N–H and O–H groups in total. The number of amides is 1. The molecule has 2 saturated heterocycles. The Balaban J connectivity index is 2.09. The maximum atomic E-state index is 11.3. The van der Waals surface area contributed by atoms with Crippen molar-refractivity contribution in [3.63, 3.8) is 0 Å². The molecular formula is C8H14N2O. The van der Waals surface area contributed by atoms with Crippen LogP contribution in [0.1, 0.15) is 12.8 Å². The van der Waals surface area contributed by atoms with E-state index in [0.717, 1.165) is 26.1 Å². The van der Waals surface area contributed by atoms with Crippen LogP contribution in [0.3, 0.4) is 0 Å². The minimum atomic E-state index is 0.262. The van der Waals surface area contributed by atoms with Gasteiger partial charge in [-0.1, -0.05) is 0 Å². The summed E-state index contributed by atoms with van der Waals surface area (Å²) < 4.78 is 0. The number of fused-ring (bicyclic) bond motifs is 1. The Morgan fingerprint density at radius 2 is 2.27 bits per heavy atom. The number of nitrogens with one attached hydrogen (secondary N) is 2. The van der Waals surface area contributed by atoms with Crippen molar-refractivity contribution in [3.8, 4) is 0 Å². The average Bonchev–Trinajstić information content (AvgIpc) is 2.40. The third-order valence-electron chi connectivity index (χ3n) is 2.73. The second-order valence-electron chi connectivity index (χ2n) is 3.46. The van der Waals surface area contributed by atoms with Gasteiger partial charge in [0.25, 0.3) is 0 Å². The molecular weight excluding hydrogens is 140 g/mol. The summed E-state index contributed by atoms with van der Waals surface area (Å²) in [6.45, 7) is 2.81. The van der Waals surface area contributed by atoms with Crippen LogP contribution in [0, 0.1) is 11.8 Å². The smallest absolute Gasteiger partial charge is 0.224 e. The van der Waals surface area contributed by atoms with Gasteiger partial charge in [-0.25, -0.2) is 0 Å². The summed E-state index contributed by atoms with van der Waals surface area (Å²) in [6, 6.07) is 0. The molecule has 0 spiro atoms. The fourth-order valence-electron chi connectivity index (χ4n) is 2.05. The van der Waals surface area contributed by atoms with Crippen LogP contribution < -0.4 is 10.6 Å². The largest absolute Gasteiger partial charge is 0.356 e. The molecule has 0 aromatic rings. The second kappa shape index (κ2) is 2.81. The van der Waals surface area contributed by atoms with Gasteiger partial charge in [-0.3, -0.25) is 4.79 Å². The van der Waals surface area contributed by atoms with Crippen LogP contribution >= 0.6 is 0 Å². The third-order valence-corrected chi connectivity index (χ3v) is 2.73. The van der Waals surface area contributed by atoms with E-state index in [1.807, 2.05) is 0 Å². The molecule has 3 nitrogen and oxygen atoms in total. The van der Waals surface area contributed by atoms with Crippen molar-refractivity contribution in [2.45, 2.75) is 12.8 Å². The highest BCUT2D eigenvalue weighted by atomic mass is 16.1. The quantitative estimate of drug-likeness (QED) is 0.504. The molecule has 2 rings (SSSR count). The summed E-state index contributed by atoms with van der Waals surface area (Å²) in [5, 5.41) is 6.20. The minimum absolute atomic E-state index is 0.262. The molecule has 0 radical (unpaired) electrons. The predicted octanol–water partition coefficient (Wildman–Crippen LogP) is -0.268. The molecule has 3 heteroatoms. The molecule has 11 heavy (non-hydrogen) atoms. The van der Waals surface area contributed by atoms with Gasteiger partial charge in [0.1, 0.15) is 0 Å². The highest BCUT2D eigenvalue weighted by Crippen LogP contribution is 2.23. The van der Waals surface area contributed by atoms with Crippen LogP contribution in [0.15, 0.2) is 0 Å². The van der Waals surface area contributed by atoms with Crippen LogP contribution in [0.25, 0.3) is 0 Å². The highest BCUT2D eigenvalue weighted by Gasteiger charge is 2.33. The van der Waals surface area contributed by atoms with Gasteiger partial charge >= 0.3 is 0 Å². The fraction of sp³-hybridized carbons (Fsp3) is 0.875. The van der Waals surface area contributed by atoms with Crippen molar-refractivity contribution in [2.75, 3.05) is 19.6 Å². The lowest BCUT2D eigenvalue weighted by Gasteiger charge is -2.11. The number of hydrogen-bond acceptors (Lipinski definition) is 2. The number of rotatable bonds is 0. The molecule has 2 unspecified atom stereocenters. The van der Waals surface area contributed by atoms with Crippen molar-refractivity contribution >= 4 is 5.91 Å². The molecule has 0 aromatic heterocycles. The first-order chi connectivity index (χ1) is 5.38. The van der Waals surface area contributed by atoms with Gasteiger partial charge in [0.05, 0.1) is 5.92 Å². The molecule has 0 bridgehead atoms. The van der Waals surface area contributed by atoms with Crippen LogP contribution in [0.5, 0.6) is 0 Å². The van der Waals surface area contributed by atoms with Crippen LogP contribution in [0.2, 0.25) is 0 Å². The van der Waals surface area contributed by atoms with E-state index in [1.54, 1.807) is 0 Å². The normalized spacial score (nSPS) is 37.6.